The van der Waals surface area contributed by atoms with Gasteiger partial charge in [0.15, 0.2) is 0 Å². The minimum absolute atomic E-state index is 0.0150. The van der Waals surface area contributed by atoms with E-state index in [0.717, 1.165) is 50.3 Å². The third-order valence-corrected chi connectivity index (χ3v) is 3.62. The number of rotatable bonds is 9. The van der Waals surface area contributed by atoms with Crippen LogP contribution in [0.15, 0.2) is 24.3 Å². The van der Waals surface area contributed by atoms with Crippen molar-refractivity contribution < 1.29 is 14.3 Å². The van der Waals surface area contributed by atoms with Crippen LogP contribution in [-0.2, 0) is 9.53 Å². The van der Waals surface area contributed by atoms with E-state index in [4.69, 9.17) is 9.47 Å². The highest BCUT2D eigenvalue weighted by Crippen LogP contribution is 2.15. The van der Waals surface area contributed by atoms with E-state index in [0.29, 0.717) is 6.54 Å². The number of hydrogen-bond donors (Lipinski definition) is 2. The molecule has 1 aliphatic heterocycles. The van der Waals surface area contributed by atoms with Gasteiger partial charge in [-0.25, -0.2) is 0 Å². The van der Waals surface area contributed by atoms with E-state index in [9.17, 15) is 4.79 Å². The van der Waals surface area contributed by atoms with Crippen LogP contribution in [0.25, 0.3) is 0 Å². The fraction of sp³-hybridized carbons (Fsp3) is 0.588. The monoisotopic (exact) mass is 306 g/mol. The maximum Gasteiger partial charge on any atom is 0.239 e. The molecule has 1 atom stereocenters. The van der Waals surface area contributed by atoms with Gasteiger partial charge in [-0.05, 0) is 43.5 Å². The predicted molar refractivity (Wildman–Crippen MR) is 87.3 cm³/mol. The summed E-state index contributed by atoms with van der Waals surface area (Å²) in [4.78, 5) is 11.8. The van der Waals surface area contributed by atoms with Crippen LogP contribution >= 0.6 is 0 Å². The highest BCUT2D eigenvalue weighted by molar-refractivity contribution is 5.80. The van der Waals surface area contributed by atoms with E-state index in [1.165, 1.54) is 0 Å². The second-order valence-corrected chi connectivity index (χ2v) is 5.52. The molecule has 5 nitrogen and oxygen atoms in total. The number of ether oxygens (including phenoxy) is 2. The van der Waals surface area contributed by atoms with E-state index < -0.39 is 0 Å². The van der Waals surface area contributed by atoms with E-state index >= 15 is 0 Å². The van der Waals surface area contributed by atoms with Crippen molar-refractivity contribution in [3.8, 4) is 5.75 Å². The minimum Gasteiger partial charge on any atom is -0.494 e. The molecule has 1 aliphatic rings. The molecule has 0 aliphatic carbocycles. The normalized spacial score (nSPS) is 17.2. The van der Waals surface area contributed by atoms with E-state index in [2.05, 4.69) is 17.6 Å². The molecule has 5 heteroatoms. The molecule has 0 radical (unpaired) electrons. The minimum atomic E-state index is -0.0150. The Morgan fingerprint density at radius 1 is 1.36 bits per heavy atom. The average molecular weight is 306 g/mol. The smallest absolute Gasteiger partial charge is 0.239 e. The van der Waals surface area contributed by atoms with E-state index in [1.807, 2.05) is 24.3 Å². The Morgan fingerprint density at radius 2 is 2.18 bits per heavy atom. The number of hydrogen-bond acceptors (Lipinski definition) is 4. The first-order valence-electron chi connectivity index (χ1n) is 8.13. The quantitative estimate of drug-likeness (QED) is 0.688. The van der Waals surface area contributed by atoms with Crippen molar-refractivity contribution >= 4 is 11.6 Å². The van der Waals surface area contributed by atoms with Gasteiger partial charge in [-0.1, -0.05) is 13.3 Å². The Labute approximate surface area is 132 Å². The van der Waals surface area contributed by atoms with Crippen LogP contribution in [0.2, 0.25) is 0 Å². The molecule has 1 amide bonds. The van der Waals surface area contributed by atoms with Crippen LogP contribution in [0, 0.1) is 0 Å². The lowest BCUT2D eigenvalue weighted by atomic mass is 10.2. The highest BCUT2D eigenvalue weighted by Gasteiger charge is 2.15. The Balaban J connectivity index is 1.64. The summed E-state index contributed by atoms with van der Waals surface area (Å²) in [5, 5.41) is 6.00. The summed E-state index contributed by atoms with van der Waals surface area (Å²) in [6.07, 6.45) is 4.49. The van der Waals surface area contributed by atoms with Crippen molar-refractivity contribution in [3.05, 3.63) is 24.3 Å². The molecule has 0 bridgehead atoms. The molecular weight excluding hydrogens is 280 g/mol. The lowest BCUT2D eigenvalue weighted by molar-refractivity contribution is -0.119. The van der Waals surface area contributed by atoms with Gasteiger partial charge in [0.05, 0.1) is 19.3 Å². The number of anilines is 1. The highest BCUT2D eigenvalue weighted by atomic mass is 16.5. The summed E-state index contributed by atoms with van der Waals surface area (Å²) in [6, 6.07) is 7.69. The van der Waals surface area contributed by atoms with Crippen LogP contribution in [0.4, 0.5) is 5.69 Å². The number of carbonyl (C=O) groups is 1. The molecule has 1 aromatic carbocycles. The zero-order chi connectivity index (χ0) is 15.6. The molecular formula is C17H26N2O3. The molecule has 22 heavy (non-hydrogen) atoms. The standard InChI is InChI=1S/C17H26N2O3/c1-2-3-10-21-15-8-6-14(7-9-15)18-13-17(20)19-12-16-5-4-11-22-16/h6-9,16,18H,2-5,10-13H2,1H3,(H,19,20). The lowest BCUT2D eigenvalue weighted by Gasteiger charge is -2.12. The van der Waals surface area contributed by atoms with Crippen molar-refractivity contribution in [1.82, 2.24) is 5.32 Å². The van der Waals surface area contributed by atoms with Crippen LogP contribution in [0.3, 0.4) is 0 Å². The SMILES string of the molecule is CCCCOc1ccc(NCC(=O)NCC2CCCO2)cc1. The van der Waals surface area contributed by atoms with Gasteiger partial charge in [0, 0.05) is 18.8 Å². The summed E-state index contributed by atoms with van der Waals surface area (Å²) in [7, 11) is 0. The zero-order valence-corrected chi connectivity index (χ0v) is 13.3. The van der Waals surface area contributed by atoms with Crippen molar-refractivity contribution in [1.29, 1.82) is 0 Å². The maximum absolute atomic E-state index is 11.8. The summed E-state index contributed by atoms with van der Waals surface area (Å²) >= 11 is 0. The predicted octanol–water partition coefficient (Wildman–Crippen LogP) is 2.57. The van der Waals surface area contributed by atoms with Gasteiger partial charge in [-0.15, -0.1) is 0 Å². The summed E-state index contributed by atoms with van der Waals surface area (Å²) in [6.45, 7) is 4.56. The largest absolute Gasteiger partial charge is 0.494 e. The first-order valence-corrected chi connectivity index (χ1v) is 8.13. The number of carbonyl (C=O) groups excluding carboxylic acids is 1. The number of amides is 1. The second kappa shape index (κ2) is 9.30. The van der Waals surface area contributed by atoms with Gasteiger partial charge >= 0.3 is 0 Å². The first kappa shape index (κ1) is 16.6. The number of nitrogens with one attached hydrogen (secondary N) is 2. The Hall–Kier alpha value is -1.75. The second-order valence-electron chi connectivity index (χ2n) is 5.52. The molecule has 0 saturated carbocycles. The molecule has 1 saturated heterocycles. The number of benzene rings is 1. The Morgan fingerprint density at radius 3 is 2.86 bits per heavy atom. The van der Waals surface area contributed by atoms with Crippen molar-refractivity contribution in [2.75, 3.05) is 31.6 Å². The van der Waals surface area contributed by atoms with E-state index in [-0.39, 0.29) is 18.6 Å². The van der Waals surface area contributed by atoms with Crippen LogP contribution in [0.5, 0.6) is 5.75 Å². The van der Waals surface area contributed by atoms with Crippen molar-refractivity contribution in [3.63, 3.8) is 0 Å². The molecule has 0 spiro atoms. The van der Waals surface area contributed by atoms with Gasteiger partial charge in [0.2, 0.25) is 5.91 Å². The van der Waals surface area contributed by atoms with Crippen molar-refractivity contribution in [2.45, 2.75) is 38.7 Å². The molecule has 1 fully saturated rings. The van der Waals surface area contributed by atoms with Gasteiger partial charge in [-0.2, -0.15) is 0 Å². The molecule has 1 heterocycles. The van der Waals surface area contributed by atoms with Crippen molar-refractivity contribution in [2.24, 2.45) is 0 Å². The van der Waals surface area contributed by atoms with Gasteiger partial charge < -0.3 is 20.1 Å². The average Bonchev–Trinajstić information content (AvgIpc) is 3.06. The fourth-order valence-electron chi connectivity index (χ4n) is 2.28. The topological polar surface area (TPSA) is 59.6 Å². The third kappa shape index (κ3) is 5.93. The van der Waals surface area contributed by atoms with Crippen LogP contribution in [0.1, 0.15) is 32.6 Å². The first-order chi connectivity index (χ1) is 10.8. The van der Waals surface area contributed by atoms with E-state index in [1.54, 1.807) is 0 Å². The summed E-state index contributed by atoms with van der Waals surface area (Å²) < 4.78 is 11.1. The summed E-state index contributed by atoms with van der Waals surface area (Å²) in [5.41, 5.74) is 0.912. The molecule has 1 aromatic rings. The van der Waals surface area contributed by atoms with Gasteiger partial charge in [0.1, 0.15) is 5.75 Å². The molecule has 2 rings (SSSR count). The Kier molecular flexibility index (Phi) is 7.03. The fourth-order valence-corrected chi connectivity index (χ4v) is 2.28. The van der Waals surface area contributed by atoms with Crippen LogP contribution < -0.4 is 15.4 Å². The summed E-state index contributed by atoms with van der Waals surface area (Å²) in [5.74, 6) is 0.848. The number of unbranched alkanes of at least 4 members (excludes halogenated alkanes) is 1. The van der Waals surface area contributed by atoms with Crippen LogP contribution in [-0.4, -0.2) is 38.3 Å². The maximum atomic E-state index is 11.8. The van der Waals surface area contributed by atoms with Gasteiger partial charge in [0.25, 0.3) is 0 Å². The third-order valence-electron chi connectivity index (χ3n) is 3.62. The Bertz CT molecular complexity index is 442. The molecule has 0 aromatic heterocycles. The lowest BCUT2D eigenvalue weighted by Crippen LogP contribution is -2.35. The molecule has 122 valence electrons. The molecule has 2 N–H and O–H groups in total. The van der Waals surface area contributed by atoms with Gasteiger partial charge in [-0.3, -0.25) is 4.79 Å². The molecule has 1 unspecified atom stereocenters. The zero-order valence-electron chi connectivity index (χ0n) is 13.3.